The molecule has 0 spiro atoms. The Kier molecular flexibility index (Phi) is 5.08. The Bertz CT molecular complexity index is 405. The van der Waals surface area contributed by atoms with Crippen LogP contribution in [0.4, 0.5) is 0 Å². The minimum Gasteiger partial charge on any atom is -0.465 e. The van der Waals surface area contributed by atoms with Crippen LogP contribution in [0.1, 0.15) is 25.3 Å². The van der Waals surface area contributed by atoms with Gasteiger partial charge in [0.15, 0.2) is 0 Å². The highest BCUT2D eigenvalue weighted by Crippen LogP contribution is 2.21. The first-order valence-corrected chi connectivity index (χ1v) is 7.37. The van der Waals surface area contributed by atoms with E-state index in [1.807, 2.05) is 19.1 Å². The molecule has 0 radical (unpaired) electrons. The SMILES string of the molecule is CCOC(=O)CSc1cccc(CNC2CC2)c1. The van der Waals surface area contributed by atoms with Crippen molar-refractivity contribution in [1.29, 1.82) is 0 Å². The summed E-state index contributed by atoms with van der Waals surface area (Å²) in [7, 11) is 0. The van der Waals surface area contributed by atoms with E-state index in [1.165, 1.54) is 30.2 Å². The number of ether oxygens (including phenoxy) is 1. The summed E-state index contributed by atoms with van der Waals surface area (Å²) in [6.07, 6.45) is 2.61. The van der Waals surface area contributed by atoms with Crippen molar-refractivity contribution in [2.75, 3.05) is 12.4 Å². The van der Waals surface area contributed by atoms with Crippen molar-refractivity contribution in [3.63, 3.8) is 0 Å². The number of hydrogen-bond donors (Lipinski definition) is 1. The molecular weight excluding hydrogens is 246 g/mol. The van der Waals surface area contributed by atoms with E-state index in [0.29, 0.717) is 12.4 Å². The van der Waals surface area contributed by atoms with Crippen molar-refractivity contribution in [1.82, 2.24) is 5.32 Å². The monoisotopic (exact) mass is 265 g/mol. The molecule has 1 N–H and O–H groups in total. The second kappa shape index (κ2) is 6.81. The zero-order valence-corrected chi connectivity index (χ0v) is 11.5. The highest BCUT2D eigenvalue weighted by Gasteiger charge is 2.19. The molecule has 1 aromatic carbocycles. The maximum atomic E-state index is 11.3. The third kappa shape index (κ3) is 4.70. The van der Waals surface area contributed by atoms with Gasteiger partial charge in [0.1, 0.15) is 0 Å². The lowest BCUT2D eigenvalue weighted by Crippen LogP contribution is -2.15. The first-order valence-electron chi connectivity index (χ1n) is 6.38. The van der Waals surface area contributed by atoms with Crippen LogP contribution in [0.3, 0.4) is 0 Å². The molecule has 98 valence electrons. The van der Waals surface area contributed by atoms with Gasteiger partial charge in [-0.1, -0.05) is 12.1 Å². The number of thioether (sulfide) groups is 1. The van der Waals surface area contributed by atoms with Crippen LogP contribution in [0.5, 0.6) is 0 Å². The summed E-state index contributed by atoms with van der Waals surface area (Å²) < 4.78 is 4.91. The molecule has 0 heterocycles. The van der Waals surface area contributed by atoms with Crippen molar-refractivity contribution in [3.05, 3.63) is 29.8 Å². The Morgan fingerprint density at radius 3 is 3.06 bits per heavy atom. The third-order valence-electron chi connectivity index (χ3n) is 2.73. The summed E-state index contributed by atoms with van der Waals surface area (Å²) in [5.74, 6) is 0.233. The van der Waals surface area contributed by atoms with Gasteiger partial charge in [-0.2, -0.15) is 0 Å². The Morgan fingerprint density at radius 1 is 1.50 bits per heavy atom. The van der Waals surface area contributed by atoms with E-state index in [1.54, 1.807) is 0 Å². The Morgan fingerprint density at radius 2 is 2.33 bits per heavy atom. The number of nitrogens with one attached hydrogen (secondary N) is 1. The lowest BCUT2D eigenvalue weighted by Gasteiger charge is -2.06. The average molecular weight is 265 g/mol. The van der Waals surface area contributed by atoms with Gasteiger partial charge in [0.25, 0.3) is 0 Å². The van der Waals surface area contributed by atoms with Gasteiger partial charge in [-0.3, -0.25) is 4.79 Å². The number of hydrogen-bond acceptors (Lipinski definition) is 4. The molecule has 18 heavy (non-hydrogen) atoms. The molecule has 0 bridgehead atoms. The van der Waals surface area contributed by atoms with Crippen LogP contribution in [0.2, 0.25) is 0 Å². The molecule has 0 atom stereocenters. The van der Waals surface area contributed by atoms with E-state index < -0.39 is 0 Å². The largest absolute Gasteiger partial charge is 0.465 e. The zero-order valence-electron chi connectivity index (χ0n) is 10.6. The normalized spacial score (nSPS) is 14.5. The van der Waals surface area contributed by atoms with E-state index in [0.717, 1.165) is 17.5 Å². The molecule has 0 unspecified atom stereocenters. The molecule has 4 heteroatoms. The van der Waals surface area contributed by atoms with Gasteiger partial charge in [0.05, 0.1) is 12.4 Å². The molecule has 1 aliphatic carbocycles. The van der Waals surface area contributed by atoms with Crippen molar-refractivity contribution < 1.29 is 9.53 Å². The summed E-state index contributed by atoms with van der Waals surface area (Å²) in [5.41, 5.74) is 1.27. The standard InChI is InChI=1S/C14H19NO2S/c1-2-17-14(16)10-18-13-5-3-4-11(8-13)9-15-12-6-7-12/h3-5,8,12,15H,2,6-7,9-10H2,1H3. The minimum absolute atomic E-state index is 0.149. The molecule has 1 aliphatic rings. The second-order valence-electron chi connectivity index (χ2n) is 4.40. The number of rotatable bonds is 7. The number of benzene rings is 1. The molecular formula is C14H19NO2S. The maximum Gasteiger partial charge on any atom is 0.316 e. The van der Waals surface area contributed by atoms with Crippen LogP contribution in [0.15, 0.2) is 29.2 Å². The summed E-state index contributed by atoms with van der Waals surface area (Å²) in [6.45, 7) is 3.19. The van der Waals surface area contributed by atoms with E-state index in [4.69, 9.17) is 4.74 Å². The van der Waals surface area contributed by atoms with Gasteiger partial charge in [0, 0.05) is 17.5 Å². The van der Waals surface area contributed by atoms with Crippen LogP contribution in [0.25, 0.3) is 0 Å². The van der Waals surface area contributed by atoms with Gasteiger partial charge >= 0.3 is 5.97 Å². The maximum absolute atomic E-state index is 11.3. The summed E-state index contributed by atoms with van der Waals surface area (Å²) >= 11 is 1.53. The second-order valence-corrected chi connectivity index (χ2v) is 5.45. The third-order valence-corrected chi connectivity index (χ3v) is 3.70. The summed E-state index contributed by atoms with van der Waals surface area (Å²) in [5, 5.41) is 3.48. The Balaban J connectivity index is 1.80. The molecule has 2 rings (SSSR count). The van der Waals surface area contributed by atoms with Crippen molar-refractivity contribution in [2.45, 2.75) is 37.2 Å². The highest BCUT2D eigenvalue weighted by atomic mass is 32.2. The molecule has 1 aromatic rings. The molecule has 0 saturated heterocycles. The molecule has 3 nitrogen and oxygen atoms in total. The van der Waals surface area contributed by atoms with E-state index in [2.05, 4.69) is 17.4 Å². The van der Waals surface area contributed by atoms with Gasteiger partial charge in [-0.05, 0) is 37.5 Å². The first-order chi connectivity index (χ1) is 8.78. The lowest BCUT2D eigenvalue weighted by molar-refractivity contribution is -0.139. The van der Waals surface area contributed by atoms with Gasteiger partial charge in [0.2, 0.25) is 0 Å². The fraction of sp³-hybridized carbons (Fsp3) is 0.500. The number of carbonyl (C=O) groups is 1. The van der Waals surface area contributed by atoms with Gasteiger partial charge in [-0.25, -0.2) is 0 Å². The Hall–Kier alpha value is -1.00. The van der Waals surface area contributed by atoms with Crippen molar-refractivity contribution in [2.24, 2.45) is 0 Å². The minimum atomic E-state index is -0.149. The Labute approximate surface area is 112 Å². The van der Waals surface area contributed by atoms with Crippen LogP contribution in [0, 0.1) is 0 Å². The first kappa shape index (κ1) is 13.4. The van der Waals surface area contributed by atoms with Crippen LogP contribution in [-0.4, -0.2) is 24.4 Å². The summed E-state index contributed by atoms with van der Waals surface area (Å²) in [6, 6.07) is 9.05. The predicted molar refractivity (Wildman–Crippen MR) is 73.7 cm³/mol. The highest BCUT2D eigenvalue weighted by molar-refractivity contribution is 8.00. The predicted octanol–water partition coefficient (Wildman–Crippen LogP) is 2.59. The molecule has 1 fully saturated rings. The fourth-order valence-corrected chi connectivity index (χ4v) is 2.42. The smallest absolute Gasteiger partial charge is 0.316 e. The van der Waals surface area contributed by atoms with Gasteiger partial charge in [-0.15, -0.1) is 11.8 Å². The number of esters is 1. The van der Waals surface area contributed by atoms with Crippen molar-refractivity contribution in [3.8, 4) is 0 Å². The summed E-state index contributed by atoms with van der Waals surface area (Å²) in [4.78, 5) is 12.4. The molecule has 1 saturated carbocycles. The lowest BCUT2D eigenvalue weighted by atomic mass is 10.2. The van der Waals surface area contributed by atoms with E-state index in [-0.39, 0.29) is 5.97 Å². The van der Waals surface area contributed by atoms with E-state index in [9.17, 15) is 4.79 Å². The topological polar surface area (TPSA) is 38.3 Å². The zero-order chi connectivity index (χ0) is 12.8. The van der Waals surface area contributed by atoms with Crippen LogP contribution in [-0.2, 0) is 16.1 Å². The number of carbonyl (C=O) groups excluding carboxylic acids is 1. The molecule has 0 amide bonds. The van der Waals surface area contributed by atoms with Crippen molar-refractivity contribution >= 4 is 17.7 Å². The fourth-order valence-electron chi connectivity index (χ4n) is 1.64. The quantitative estimate of drug-likeness (QED) is 0.607. The van der Waals surface area contributed by atoms with E-state index >= 15 is 0 Å². The molecule has 0 aliphatic heterocycles. The van der Waals surface area contributed by atoms with Gasteiger partial charge < -0.3 is 10.1 Å². The van der Waals surface area contributed by atoms with Crippen LogP contribution < -0.4 is 5.32 Å². The molecule has 0 aromatic heterocycles. The van der Waals surface area contributed by atoms with Crippen LogP contribution >= 0.6 is 11.8 Å². The average Bonchev–Trinajstić information content (AvgIpc) is 3.19.